The summed E-state index contributed by atoms with van der Waals surface area (Å²) in [5, 5.41) is 4.96. The second kappa shape index (κ2) is 13.3. The van der Waals surface area contributed by atoms with Crippen LogP contribution in [-0.4, -0.2) is 19.5 Å². The first kappa shape index (κ1) is 32.2. The molecule has 3 aromatic heterocycles. The van der Waals surface area contributed by atoms with Crippen molar-refractivity contribution in [1.29, 1.82) is 0 Å². The van der Waals surface area contributed by atoms with E-state index in [0.29, 0.717) is 17.5 Å². The predicted molar refractivity (Wildman–Crippen MR) is 234 cm³/mol. The van der Waals surface area contributed by atoms with Crippen LogP contribution in [0.15, 0.2) is 194 Å². The van der Waals surface area contributed by atoms with Gasteiger partial charge in [0, 0.05) is 53.2 Å². The molecule has 0 amide bonds. The van der Waals surface area contributed by atoms with Crippen LogP contribution in [0.25, 0.3) is 104 Å². The third-order valence-electron chi connectivity index (χ3n) is 10.7. The summed E-state index contributed by atoms with van der Waals surface area (Å²) in [7, 11) is 0. The molecule has 0 saturated heterocycles. The Morgan fingerprint density at radius 3 is 1.61 bits per heavy atom. The van der Waals surface area contributed by atoms with E-state index in [0.717, 1.165) is 44.5 Å². The quantitative estimate of drug-likeness (QED) is 0.171. The average molecular weight is 733 g/mol. The van der Waals surface area contributed by atoms with Crippen molar-refractivity contribution in [3.8, 4) is 62.1 Å². The van der Waals surface area contributed by atoms with E-state index >= 15 is 0 Å². The number of fused-ring (bicyclic) bond motifs is 6. The number of benzene rings is 8. The molecule has 5 heteroatoms. The first-order valence-corrected chi connectivity index (χ1v) is 19.6. The highest BCUT2D eigenvalue weighted by atomic mass is 32.1. The van der Waals surface area contributed by atoms with E-state index in [4.69, 9.17) is 15.0 Å². The monoisotopic (exact) mass is 732 g/mol. The topological polar surface area (TPSA) is 43.6 Å². The molecule has 0 bridgehead atoms. The maximum Gasteiger partial charge on any atom is 0.166 e. The molecule has 0 aliphatic rings. The Balaban J connectivity index is 1.24. The Hall–Kier alpha value is -7.21. The molecule has 0 spiro atoms. The summed E-state index contributed by atoms with van der Waals surface area (Å²) in [6.07, 6.45) is 0. The fourth-order valence-electron chi connectivity index (χ4n) is 8.14. The van der Waals surface area contributed by atoms with E-state index in [2.05, 4.69) is 162 Å². The van der Waals surface area contributed by atoms with Crippen molar-refractivity contribution in [2.75, 3.05) is 0 Å². The maximum absolute atomic E-state index is 5.25. The summed E-state index contributed by atoms with van der Waals surface area (Å²) in [6, 6.07) is 68.6. The Kier molecular flexibility index (Phi) is 7.64. The second-order valence-electron chi connectivity index (χ2n) is 14.0. The number of hydrogen-bond donors (Lipinski definition) is 0. The van der Waals surface area contributed by atoms with Crippen LogP contribution in [0.3, 0.4) is 0 Å². The van der Waals surface area contributed by atoms with Crippen molar-refractivity contribution in [2.45, 2.75) is 0 Å². The molecular weight excluding hydrogens is 701 g/mol. The zero-order valence-corrected chi connectivity index (χ0v) is 31.0. The van der Waals surface area contributed by atoms with Crippen LogP contribution < -0.4 is 0 Å². The number of aromatic nitrogens is 4. The van der Waals surface area contributed by atoms with Gasteiger partial charge < -0.3 is 4.57 Å². The van der Waals surface area contributed by atoms with Crippen LogP contribution in [0.5, 0.6) is 0 Å². The molecule has 0 saturated carbocycles. The van der Waals surface area contributed by atoms with Crippen LogP contribution in [0.2, 0.25) is 0 Å². The lowest BCUT2D eigenvalue weighted by Gasteiger charge is -2.19. The van der Waals surface area contributed by atoms with Crippen LogP contribution in [0, 0.1) is 0 Å². The van der Waals surface area contributed by atoms with E-state index in [-0.39, 0.29) is 0 Å². The molecule has 0 atom stereocenters. The Morgan fingerprint density at radius 2 is 0.875 bits per heavy atom. The zero-order chi connectivity index (χ0) is 37.0. The highest BCUT2D eigenvalue weighted by Gasteiger charge is 2.23. The maximum atomic E-state index is 5.25. The SMILES string of the molecule is c1ccc(-c2nc(-c3ccccc3)nc(-c3cccc(-c4ccccc4)c3-n3c4ccccc4c4ccc(-c5cccc6sc7ccccc7c56)cc43)n2)cc1. The molecule has 0 fully saturated rings. The summed E-state index contributed by atoms with van der Waals surface area (Å²) in [4.78, 5) is 15.5. The Labute approximate surface area is 327 Å². The van der Waals surface area contributed by atoms with Gasteiger partial charge in [-0.15, -0.1) is 11.3 Å². The van der Waals surface area contributed by atoms with Crippen molar-refractivity contribution in [3.05, 3.63) is 194 Å². The van der Waals surface area contributed by atoms with Crippen LogP contribution in [-0.2, 0) is 0 Å². The van der Waals surface area contributed by atoms with Gasteiger partial charge in [-0.3, -0.25) is 0 Å². The fraction of sp³-hybridized carbons (Fsp3) is 0. The van der Waals surface area contributed by atoms with Gasteiger partial charge in [0.25, 0.3) is 0 Å². The lowest BCUT2D eigenvalue weighted by molar-refractivity contribution is 1.06. The van der Waals surface area contributed by atoms with Crippen molar-refractivity contribution in [2.24, 2.45) is 0 Å². The molecule has 56 heavy (non-hydrogen) atoms. The number of thiophene rings is 1. The number of rotatable bonds is 6. The normalized spacial score (nSPS) is 11.6. The lowest BCUT2D eigenvalue weighted by atomic mass is 9.97. The van der Waals surface area contributed by atoms with Gasteiger partial charge in [0.05, 0.1) is 16.7 Å². The minimum Gasteiger partial charge on any atom is -0.308 e. The zero-order valence-electron chi connectivity index (χ0n) is 30.2. The Morgan fingerprint density at radius 1 is 0.339 bits per heavy atom. The third kappa shape index (κ3) is 5.32. The molecule has 11 aromatic rings. The number of nitrogens with zero attached hydrogens (tertiary/aromatic N) is 4. The molecule has 11 rings (SSSR count). The molecule has 0 unspecified atom stereocenters. The van der Waals surface area contributed by atoms with Gasteiger partial charge in [-0.05, 0) is 47.0 Å². The second-order valence-corrected chi connectivity index (χ2v) is 15.1. The van der Waals surface area contributed by atoms with E-state index in [1.807, 2.05) is 47.7 Å². The standard InChI is InChI=1S/C51H32N4S/c1-4-16-33(17-5-1)38-25-14-26-42(51-53-49(34-18-6-2-7-19-34)52-50(54-51)35-20-8-3-9-21-35)48(38)55-43-27-12-10-22-39(43)40-31-30-36(32-44(40)55)37-24-15-29-46-47(37)41-23-11-13-28-45(41)56-46/h1-32H. The first-order chi connectivity index (χ1) is 27.8. The number of hydrogen-bond acceptors (Lipinski definition) is 4. The minimum atomic E-state index is 0.613. The predicted octanol–water partition coefficient (Wildman–Crippen LogP) is 13.7. The Bertz CT molecular complexity index is 3180. The van der Waals surface area contributed by atoms with Crippen LogP contribution in [0.4, 0.5) is 0 Å². The van der Waals surface area contributed by atoms with Crippen LogP contribution in [0.1, 0.15) is 0 Å². The summed E-state index contributed by atoms with van der Waals surface area (Å²) in [6.45, 7) is 0. The van der Waals surface area contributed by atoms with Gasteiger partial charge in [0.1, 0.15) is 0 Å². The molecule has 0 radical (unpaired) electrons. The van der Waals surface area contributed by atoms with Gasteiger partial charge in [-0.2, -0.15) is 0 Å². The largest absolute Gasteiger partial charge is 0.308 e. The van der Waals surface area contributed by atoms with Gasteiger partial charge in [-0.1, -0.05) is 164 Å². The first-order valence-electron chi connectivity index (χ1n) is 18.8. The average Bonchev–Trinajstić information content (AvgIpc) is 3.82. The molecule has 8 aromatic carbocycles. The van der Waals surface area contributed by atoms with Crippen molar-refractivity contribution >= 4 is 53.3 Å². The third-order valence-corrected chi connectivity index (χ3v) is 11.8. The molecule has 0 aliphatic carbocycles. The van der Waals surface area contributed by atoms with Gasteiger partial charge >= 0.3 is 0 Å². The smallest absolute Gasteiger partial charge is 0.166 e. The van der Waals surface area contributed by atoms with Gasteiger partial charge in [-0.25, -0.2) is 15.0 Å². The van der Waals surface area contributed by atoms with E-state index in [1.165, 1.54) is 42.1 Å². The molecule has 4 nitrogen and oxygen atoms in total. The van der Waals surface area contributed by atoms with Crippen LogP contribution >= 0.6 is 11.3 Å². The summed E-state index contributed by atoms with van der Waals surface area (Å²) in [5.74, 6) is 1.87. The lowest BCUT2D eigenvalue weighted by Crippen LogP contribution is -2.05. The molecular formula is C51H32N4S. The number of para-hydroxylation sites is 2. The molecule has 262 valence electrons. The van der Waals surface area contributed by atoms with Crippen molar-refractivity contribution < 1.29 is 0 Å². The van der Waals surface area contributed by atoms with E-state index in [1.54, 1.807) is 0 Å². The highest BCUT2D eigenvalue weighted by molar-refractivity contribution is 7.25. The summed E-state index contributed by atoms with van der Waals surface area (Å²) >= 11 is 1.85. The van der Waals surface area contributed by atoms with E-state index in [9.17, 15) is 0 Å². The van der Waals surface area contributed by atoms with Gasteiger partial charge in [0.2, 0.25) is 0 Å². The molecule has 0 N–H and O–H groups in total. The molecule has 0 aliphatic heterocycles. The summed E-state index contributed by atoms with van der Waals surface area (Å²) < 4.78 is 5.03. The van der Waals surface area contributed by atoms with Crippen molar-refractivity contribution in [1.82, 2.24) is 19.5 Å². The van der Waals surface area contributed by atoms with Crippen molar-refractivity contribution in [3.63, 3.8) is 0 Å². The minimum absolute atomic E-state index is 0.613. The highest BCUT2D eigenvalue weighted by Crippen LogP contribution is 2.44. The fourth-order valence-corrected chi connectivity index (χ4v) is 9.27. The van der Waals surface area contributed by atoms with Gasteiger partial charge in [0.15, 0.2) is 17.5 Å². The van der Waals surface area contributed by atoms with E-state index < -0.39 is 0 Å². The summed E-state index contributed by atoms with van der Waals surface area (Å²) in [5.41, 5.74) is 10.6. The molecule has 3 heterocycles.